The zero-order valence-corrected chi connectivity index (χ0v) is 23.0. The summed E-state index contributed by atoms with van der Waals surface area (Å²) in [5, 5.41) is 0. The van der Waals surface area contributed by atoms with Crippen LogP contribution in [0.2, 0.25) is 0 Å². The number of nitrogens with zero attached hydrogens (tertiary/aromatic N) is 2. The van der Waals surface area contributed by atoms with Crippen LogP contribution in [0.25, 0.3) is 0 Å². The lowest BCUT2D eigenvalue weighted by molar-refractivity contribution is 0.203. The van der Waals surface area contributed by atoms with E-state index in [2.05, 4.69) is 4.90 Å². The molecule has 0 saturated carbocycles. The Morgan fingerprint density at radius 2 is 1.35 bits per heavy atom. The largest absolute Gasteiger partial charge is 0.493 e. The van der Waals surface area contributed by atoms with E-state index in [9.17, 15) is 8.42 Å². The Labute approximate surface area is 220 Å². The van der Waals surface area contributed by atoms with Crippen LogP contribution < -0.4 is 18.5 Å². The third-order valence-corrected chi connectivity index (χ3v) is 8.83. The molecule has 37 heavy (non-hydrogen) atoms. The summed E-state index contributed by atoms with van der Waals surface area (Å²) in [6, 6.07) is 18.6. The van der Waals surface area contributed by atoms with Gasteiger partial charge in [-0.2, -0.15) is 0 Å². The number of ether oxygens (including phenoxy) is 3. The standard InChI is InChI=1S/C29H36N2O5S/c1-21-6-11-24(12-7-21)31(37(32,33)26-13-8-22(2)9-14-26)25-16-18-30(19-17-25)20-23-10-15-27(34-3)29(36-5)28(23)35-4/h6-15,25H,16-20H2,1-5H3. The van der Waals surface area contributed by atoms with Crippen LogP contribution in [0.4, 0.5) is 5.69 Å². The molecule has 4 rings (SSSR count). The second kappa shape index (κ2) is 11.4. The molecule has 1 saturated heterocycles. The maximum Gasteiger partial charge on any atom is 0.264 e. The van der Waals surface area contributed by atoms with Crippen LogP contribution in [0.3, 0.4) is 0 Å². The van der Waals surface area contributed by atoms with Gasteiger partial charge in [-0.1, -0.05) is 41.5 Å². The van der Waals surface area contributed by atoms with Crippen molar-refractivity contribution in [2.45, 2.75) is 44.2 Å². The van der Waals surface area contributed by atoms with Crippen molar-refractivity contribution in [1.29, 1.82) is 0 Å². The molecular formula is C29H36N2O5S. The predicted octanol–water partition coefficient (Wildman–Crippen LogP) is 5.19. The molecule has 7 nitrogen and oxygen atoms in total. The topological polar surface area (TPSA) is 68.3 Å². The van der Waals surface area contributed by atoms with Crippen LogP contribution >= 0.6 is 0 Å². The molecule has 0 spiro atoms. The van der Waals surface area contributed by atoms with E-state index in [0.29, 0.717) is 47.2 Å². The highest BCUT2D eigenvalue weighted by Gasteiger charge is 2.34. The quantitative estimate of drug-likeness (QED) is 0.384. The van der Waals surface area contributed by atoms with Crippen molar-refractivity contribution in [3.63, 3.8) is 0 Å². The average molecular weight is 525 g/mol. The third kappa shape index (κ3) is 5.70. The van der Waals surface area contributed by atoms with Gasteiger partial charge < -0.3 is 14.2 Å². The molecule has 1 heterocycles. The number of likely N-dealkylation sites (tertiary alicyclic amines) is 1. The van der Waals surface area contributed by atoms with Crippen molar-refractivity contribution in [3.05, 3.63) is 77.4 Å². The number of rotatable bonds is 9. The van der Waals surface area contributed by atoms with Crippen LogP contribution in [-0.2, 0) is 16.6 Å². The first-order chi connectivity index (χ1) is 17.8. The second-order valence-electron chi connectivity index (χ2n) is 9.45. The zero-order chi connectivity index (χ0) is 26.6. The van der Waals surface area contributed by atoms with Crippen molar-refractivity contribution < 1.29 is 22.6 Å². The maximum atomic E-state index is 13.9. The summed E-state index contributed by atoms with van der Waals surface area (Å²) in [4.78, 5) is 2.64. The Morgan fingerprint density at radius 3 is 1.89 bits per heavy atom. The van der Waals surface area contributed by atoms with Crippen molar-refractivity contribution in [3.8, 4) is 17.2 Å². The van der Waals surface area contributed by atoms with Crippen LogP contribution in [0.5, 0.6) is 17.2 Å². The van der Waals surface area contributed by atoms with E-state index in [4.69, 9.17) is 14.2 Å². The summed E-state index contributed by atoms with van der Waals surface area (Å²) in [6.45, 7) is 6.15. The maximum absolute atomic E-state index is 13.9. The highest BCUT2D eigenvalue weighted by Crippen LogP contribution is 2.40. The molecule has 0 radical (unpaired) electrons. The molecule has 0 aromatic heterocycles. The summed E-state index contributed by atoms with van der Waals surface area (Å²) in [5.74, 6) is 1.86. The Balaban J connectivity index is 1.57. The minimum Gasteiger partial charge on any atom is -0.493 e. The van der Waals surface area contributed by atoms with Gasteiger partial charge in [0, 0.05) is 31.2 Å². The normalized spacial score (nSPS) is 14.8. The average Bonchev–Trinajstić information content (AvgIpc) is 2.90. The molecule has 3 aromatic carbocycles. The SMILES string of the molecule is COc1ccc(CN2CCC(N(c3ccc(C)cc3)S(=O)(=O)c3ccc(C)cc3)CC2)c(OC)c1OC. The van der Waals surface area contributed by atoms with Gasteiger partial charge in [0.1, 0.15) is 0 Å². The van der Waals surface area contributed by atoms with Crippen LogP contribution in [0.15, 0.2) is 65.6 Å². The van der Waals surface area contributed by atoms with Gasteiger partial charge in [0.05, 0.1) is 31.9 Å². The fourth-order valence-corrected chi connectivity index (χ4v) is 6.61. The second-order valence-corrected chi connectivity index (χ2v) is 11.3. The minimum absolute atomic E-state index is 0.141. The molecule has 0 unspecified atom stereocenters. The van der Waals surface area contributed by atoms with Crippen molar-refractivity contribution in [1.82, 2.24) is 4.90 Å². The molecule has 3 aromatic rings. The lowest BCUT2D eigenvalue weighted by atomic mass is 10.0. The molecule has 1 aliphatic rings. The predicted molar refractivity (Wildman–Crippen MR) is 146 cm³/mol. The molecule has 8 heteroatoms. The van der Waals surface area contributed by atoms with Gasteiger partial charge in [0.25, 0.3) is 10.0 Å². The molecule has 0 bridgehead atoms. The van der Waals surface area contributed by atoms with Crippen LogP contribution in [0.1, 0.15) is 29.5 Å². The summed E-state index contributed by atoms with van der Waals surface area (Å²) in [7, 11) is 1.11. The Bertz CT molecular complexity index is 1300. The Hall–Kier alpha value is -3.23. The highest BCUT2D eigenvalue weighted by atomic mass is 32.2. The van der Waals surface area contributed by atoms with E-state index < -0.39 is 10.0 Å². The number of hydrogen-bond donors (Lipinski definition) is 0. The van der Waals surface area contributed by atoms with Gasteiger partial charge in [-0.25, -0.2) is 8.42 Å². The zero-order valence-electron chi connectivity index (χ0n) is 22.2. The minimum atomic E-state index is -3.72. The number of methoxy groups -OCH3 is 3. The van der Waals surface area contributed by atoms with E-state index in [1.165, 1.54) is 0 Å². The van der Waals surface area contributed by atoms with E-state index in [1.807, 2.05) is 62.4 Å². The monoisotopic (exact) mass is 524 g/mol. The summed E-state index contributed by atoms with van der Waals surface area (Å²) < 4.78 is 46.0. The Morgan fingerprint density at radius 1 is 0.784 bits per heavy atom. The van der Waals surface area contributed by atoms with Gasteiger partial charge in [-0.3, -0.25) is 9.21 Å². The molecular weight excluding hydrogens is 488 g/mol. The lowest BCUT2D eigenvalue weighted by Gasteiger charge is -2.39. The van der Waals surface area contributed by atoms with Gasteiger partial charge in [0.15, 0.2) is 11.5 Å². The number of aryl methyl sites for hydroxylation is 2. The molecule has 1 aliphatic heterocycles. The van der Waals surface area contributed by atoms with Gasteiger partial charge >= 0.3 is 0 Å². The van der Waals surface area contributed by atoms with Crippen molar-refractivity contribution in [2.75, 3.05) is 38.7 Å². The molecule has 0 atom stereocenters. The molecule has 1 fully saturated rings. The van der Waals surface area contributed by atoms with Gasteiger partial charge in [0.2, 0.25) is 5.75 Å². The first kappa shape index (κ1) is 26.8. The lowest BCUT2D eigenvalue weighted by Crippen LogP contribution is -2.47. The van der Waals surface area contributed by atoms with Gasteiger partial charge in [-0.05, 0) is 57.0 Å². The number of hydrogen-bond acceptors (Lipinski definition) is 6. The number of benzene rings is 3. The van der Waals surface area contributed by atoms with Crippen molar-refractivity contribution in [2.24, 2.45) is 0 Å². The number of piperidine rings is 1. The van der Waals surface area contributed by atoms with E-state index >= 15 is 0 Å². The van der Waals surface area contributed by atoms with Crippen LogP contribution in [-0.4, -0.2) is 53.8 Å². The smallest absolute Gasteiger partial charge is 0.264 e. The summed E-state index contributed by atoms with van der Waals surface area (Å²) in [6.07, 6.45) is 1.43. The van der Waals surface area contributed by atoms with E-state index in [1.54, 1.807) is 37.8 Å². The van der Waals surface area contributed by atoms with Gasteiger partial charge in [-0.15, -0.1) is 0 Å². The van der Waals surface area contributed by atoms with Crippen molar-refractivity contribution >= 4 is 15.7 Å². The Kier molecular flexibility index (Phi) is 8.29. The number of anilines is 1. The summed E-state index contributed by atoms with van der Waals surface area (Å²) >= 11 is 0. The van der Waals surface area contributed by atoms with E-state index in [-0.39, 0.29) is 6.04 Å². The first-order valence-corrected chi connectivity index (χ1v) is 13.9. The summed E-state index contributed by atoms with van der Waals surface area (Å²) in [5.41, 5.74) is 3.82. The van der Waals surface area contributed by atoms with Crippen LogP contribution in [0, 0.1) is 13.8 Å². The highest BCUT2D eigenvalue weighted by molar-refractivity contribution is 7.92. The molecule has 0 N–H and O–H groups in total. The fraction of sp³-hybridized carbons (Fsp3) is 0.379. The molecule has 0 amide bonds. The fourth-order valence-electron chi connectivity index (χ4n) is 4.90. The molecule has 0 aliphatic carbocycles. The third-order valence-electron chi connectivity index (χ3n) is 6.93. The number of sulfonamides is 1. The molecule has 198 valence electrons. The van der Waals surface area contributed by atoms with E-state index in [0.717, 1.165) is 29.8 Å². The first-order valence-electron chi connectivity index (χ1n) is 12.5.